The SMILES string of the molecule is CCCCC(=O)OC1=C([Se]c2ccccc2)C(c2ccc(C)cc2)OC1. The first-order valence-electron chi connectivity index (χ1n) is 9.02. The van der Waals surface area contributed by atoms with Crippen LogP contribution in [0.5, 0.6) is 0 Å². The zero-order valence-corrected chi connectivity index (χ0v) is 16.9. The van der Waals surface area contributed by atoms with Crippen molar-refractivity contribution in [3.05, 3.63) is 76.0 Å². The standard InChI is InChI=1S/C22H24O3Se/c1-3-4-10-20(23)25-19-15-24-21(17-13-11-16(2)12-14-17)22(19)26-18-8-6-5-7-9-18/h5-9,11-14,21H,3-4,10,15H2,1-2H3. The number of benzene rings is 2. The zero-order valence-electron chi connectivity index (χ0n) is 15.2. The number of carbonyl (C=O) groups is 1. The quantitative estimate of drug-likeness (QED) is 0.506. The molecule has 3 rings (SSSR count). The van der Waals surface area contributed by atoms with Gasteiger partial charge in [0.05, 0.1) is 0 Å². The van der Waals surface area contributed by atoms with Crippen LogP contribution in [-0.4, -0.2) is 27.5 Å². The topological polar surface area (TPSA) is 35.5 Å². The van der Waals surface area contributed by atoms with Gasteiger partial charge in [-0.2, -0.15) is 0 Å². The Bertz CT molecular complexity index is 766. The molecule has 0 amide bonds. The number of aryl methyl sites for hydroxylation is 1. The van der Waals surface area contributed by atoms with Crippen molar-refractivity contribution >= 4 is 25.4 Å². The summed E-state index contributed by atoms with van der Waals surface area (Å²) in [6, 6.07) is 18.7. The second kappa shape index (κ2) is 9.18. The number of unbranched alkanes of at least 4 members (excludes halogenated alkanes) is 1. The van der Waals surface area contributed by atoms with E-state index in [0.29, 0.717) is 18.8 Å². The number of hydrogen-bond acceptors (Lipinski definition) is 3. The van der Waals surface area contributed by atoms with E-state index in [1.165, 1.54) is 10.0 Å². The molecule has 1 heterocycles. The number of hydrogen-bond donors (Lipinski definition) is 0. The van der Waals surface area contributed by atoms with Gasteiger partial charge in [0.2, 0.25) is 0 Å². The molecule has 0 saturated carbocycles. The van der Waals surface area contributed by atoms with Gasteiger partial charge in [-0.3, -0.25) is 0 Å². The fraction of sp³-hybridized carbons (Fsp3) is 0.318. The van der Waals surface area contributed by atoms with Crippen LogP contribution in [0.3, 0.4) is 0 Å². The summed E-state index contributed by atoms with van der Waals surface area (Å²) >= 11 is 0.0493. The molecule has 0 radical (unpaired) electrons. The second-order valence-corrected chi connectivity index (χ2v) is 8.72. The molecule has 1 aliphatic rings. The zero-order chi connectivity index (χ0) is 18.4. The summed E-state index contributed by atoms with van der Waals surface area (Å²) in [5.41, 5.74) is 2.33. The minimum absolute atomic E-state index is 0.0493. The maximum atomic E-state index is 12.1. The third-order valence-electron chi connectivity index (χ3n) is 4.22. The summed E-state index contributed by atoms with van der Waals surface area (Å²) in [4.78, 5) is 12.1. The van der Waals surface area contributed by atoms with Crippen LogP contribution in [0.25, 0.3) is 0 Å². The predicted octanol–water partition coefficient (Wildman–Crippen LogP) is 4.04. The molecule has 0 bridgehead atoms. The van der Waals surface area contributed by atoms with Crippen molar-refractivity contribution in [3.8, 4) is 0 Å². The number of ether oxygens (including phenoxy) is 2. The van der Waals surface area contributed by atoms with E-state index >= 15 is 0 Å². The molecule has 2 aromatic carbocycles. The Labute approximate surface area is 161 Å². The minimum atomic E-state index is -0.156. The number of rotatable bonds is 7. The van der Waals surface area contributed by atoms with Crippen LogP contribution in [0, 0.1) is 6.92 Å². The van der Waals surface area contributed by atoms with E-state index in [9.17, 15) is 4.79 Å². The molecule has 0 aromatic heterocycles. The van der Waals surface area contributed by atoms with E-state index in [1.54, 1.807) is 0 Å². The van der Waals surface area contributed by atoms with Crippen LogP contribution in [0.2, 0.25) is 0 Å². The first-order valence-corrected chi connectivity index (χ1v) is 10.7. The van der Waals surface area contributed by atoms with Crippen molar-refractivity contribution in [1.82, 2.24) is 0 Å². The van der Waals surface area contributed by atoms with Crippen LogP contribution in [0.1, 0.15) is 43.4 Å². The van der Waals surface area contributed by atoms with Gasteiger partial charge in [0.25, 0.3) is 0 Å². The number of carbonyl (C=O) groups excluding carboxylic acids is 1. The molecule has 0 saturated heterocycles. The van der Waals surface area contributed by atoms with Crippen molar-refractivity contribution in [3.63, 3.8) is 0 Å². The molecule has 1 unspecified atom stereocenters. The van der Waals surface area contributed by atoms with E-state index in [2.05, 4.69) is 50.2 Å². The Morgan fingerprint density at radius 2 is 1.88 bits per heavy atom. The summed E-state index contributed by atoms with van der Waals surface area (Å²) in [5.74, 6) is 0.553. The van der Waals surface area contributed by atoms with Crippen molar-refractivity contribution < 1.29 is 14.3 Å². The summed E-state index contributed by atoms with van der Waals surface area (Å²) in [7, 11) is 0. The summed E-state index contributed by atoms with van der Waals surface area (Å²) in [6.45, 7) is 4.51. The molecular weight excluding hydrogens is 391 g/mol. The molecule has 1 aliphatic heterocycles. The van der Waals surface area contributed by atoms with Gasteiger partial charge in [-0.1, -0.05) is 0 Å². The van der Waals surface area contributed by atoms with Gasteiger partial charge in [-0.05, 0) is 0 Å². The van der Waals surface area contributed by atoms with Crippen LogP contribution in [0.4, 0.5) is 0 Å². The predicted molar refractivity (Wildman–Crippen MR) is 104 cm³/mol. The van der Waals surface area contributed by atoms with E-state index in [4.69, 9.17) is 9.47 Å². The second-order valence-electron chi connectivity index (χ2n) is 6.38. The Hall–Kier alpha value is -1.87. The first kappa shape index (κ1) is 18.9. The Morgan fingerprint density at radius 3 is 2.58 bits per heavy atom. The van der Waals surface area contributed by atoms with E-state index in [1.807, 2.05) is 18.2 Å². The van der Waals surface area contributed by atoms with Crippen LogP contribution in [0.15, 0.2) is 64.8 Å². The summed E-state index contributed by atoms with van der Waals surface area (Å²) in [6.07, 6.45) is 2.16. The summed E-state index contributed by atoms with van der Waals surface area (Å²) < 4.78 is 14.1. The van der Waals surface area contributed by atoms with Gasteiger partial charge in [0.1, 0.15) is 0 Å². The average Bonchev–Trinajstić information content (AvgIpc) is 3.04. The average molecular weight is 415 g/mol. The Kier molecular flexibility index (Phi) is 6.67. The van der Waals surface area contributed by atoms with Gasteiger partial charge in [-0.25, -0.2) is 0 Å². The molecule has 0 fully saturated rings. The fourth-order valence-corrected chi connectivity index (χ4v) is 5.01. The first-order chi connectivity index (χ1) is 12.7. The molecule has 0 N–H and O–H groups in total. The molecular formula is C22H24O3Se. The molecule has 1 atom stereocenters. The third-order valence-corrected chi connectivity index (χ3v) is 6.67. The van der Waals surface area contributed by atoms with E-state index < -0.39 is 0 Å². The van der Waals surface area contributed by atoms with Crippen LogP contribution in [-0.2, 0) is 14.3 Å². The van der Waals surface area contributed by atoms with Gasteiger partial charge < -0.3 is 0 Å². The normalized spacial score (nSPS) is 16.8. The van der Waals surface area contributed by atoms with Crippen LogP contribution < -0.4 is 4.46 Å². The van der Waals surface area contributed by atoms with Gasteiger partial charge in [0.15, 0.2) is 0 Å². The van der Waals surface area contributed by atoms with Crippen molar-refractivity contribution in [2.24, 2.45) is 0 Å². The van der Waals surface area contributed by atoms with Gasteiger partial charge in [0, 0.05) is 0 Å². The molecule has 0 spiro atoms. The molecule has 2 aromatic rings. The van der Waals surface area contributed by atoms with E-state index in [-0.39, 0.29) is 27.0 Å². The molecule has 26 heavy (non-hydrogen) atoms. The van der Waals surface area contributed by atoms with Crippen molar-refractivity contribution in [2.75, 3.05) is 6.61 Å². The molecule has 0 aliphatic carbocycles. The van der Waals surface area contributed by atoms with Gasteiger partial charge >= 0.3 is 161 Å². The van der Waals surface area contributed by atoms with Crippen LogP contribution >= 0.6 is 0 Å². The van der Waals surface area contributed by atoms with Gasteiger partial charge in [-0.15, -0.1) is 0 Å². The Balaban J connectivity index is 1.86. The number of esters is 1. The third kappa shape index (κ3) is 4.85. The van der Waals surface area contributed by atoms with Crippen molar-refractivity contribution in [2.45, 2.75) is 39.2 Å². The fourth-order valence-electron chi connectivity index (χ4n) is 2.76. The monoisotopic (exact) mass is 416 g/mol. The molecule has 4 heteroatoms. The summed E-state index contributed by atoms with van der Waals surface area (Å²) in [5, 5.41) is 0. The van der Waals surface area contributed by atoms with E-state index in [0.717, 1.165) is 22.9 Å². The van der Waals surface area contributed by atoms with Crippen molar-refractivity contribution in [1.29, 1.82) is 0 Å². The molecule has 3 nitrogen and oxygen atoms in total. The molecule has 136 valence electrons. The Morgan fingerprint density at radius 1 is 1.15 bits per heavy atom. The maximum absolute atomic E-state index is 12.1.